The average molecular weight is 622 g/mol. The molecule has 0 aliphatic carbocycles. The molecule has 0 unspecified atom stereocenters. The number of nitrogens with zero attached hydrogens (tertiary/aromatic N) is 6. The Kier molecular flexibility index (Phi) is 7.24. The van der Waals surface area contributed by atoms with Crippen LogP contribution in [0.2, 0.25) is 0 Å². The molecule has 3 aliphatic heterocycles. The van der Waals surface area contributed by atoms with Crippen LogP contribution in [0.5, 0.6) is 11.8 Å². The van der Waals surface area contributed by atoms with E-state index in [0.29, 0.717) is 49.6 Å². The summed E-state index contributed by atoms with van der Waals surface area (Å²) in [7, 11) is 1.45. The van der Waals surface area contributed by atoms with Crippen molar-refractivity contribution in [1.29, 1.82) is 0 Å². The third-order valence-corrected chi connectivity index (χ3v) is 10.1. The first-order valence-corrected chi connectivity index (χ1v) is 15.6. The number of anilines is 2. The summed E-state index contributed by atoms with van der Waals surface area (Å²) in [5.41, 5.74) is 6.62. The molecule has 2 N–H and O–H groups in total. The molecule has 3 fully saturated rings. The minimum Gasteiger partial charge on any atom is -0.496 e. The Morgan fingerprint density at radius 2 is 1.84 bits per heavy atom. The van der Waals surface area contributed by atoms with Gasteiger partial charge in [0.25, 0.3) is 0 Å². The number of halogens is 2. The summed E-state index contributed by atoms with van der Waals surface area (Å²) in [6, 6.07) is 4.54. The number of nitrogens with two attached hydrogens (primary N) is 1. The van der Waals surface area contributed by atoms with E-state index in [1.54, 1.807) is 11.0 Å². The van der Waals surface area contributed by atoms with Gasteiger partial charge in [0, 0.05) is 37.1 Å². The van der Waals surface area contributed by atoms with Gasteiger partial charge in [-0.2, -0.15) is 9.97 Å². The molecule has 10 nitrogen and oxygen atoms in total. The van der Waals surface area contributed by atoms with Gasteiger partial charge in [0.05, 0.1) is 28.4 Å². The summed E-state index contributed by atoms with van der Waals surface area (Å²) in [4.78, 5) is 32.2. The zero-order valence-electron chi connectivity index (χ0n) is 24.4. The third-order valence-electron chi connectivity index (χ3n) is 9.20. The molecule has 0 radical (unpaired) electrons. The molecular formula is C31H33F2N7O3S. The van der Waals surface area contributed by atoms with Crippen LogP contribution >= 0.6 is 11.3 Å². The van der Waals surface area contributed by atoms with Crippen LogP contribution in [0.1, 0.15) is 25.7 Å². The maximum Gasteiger partial charge on any atom is 0.319 e. The van der Waals surface area contributed by atoms with Gasteiger partial charge in [0.15, 0.2) is 10.9 Å². The molecular weight excluding hydrogens is 588 g/mol. The first kappa shape index (κ1) is 28.7. The number of piperazine rings is 1. The van der Waals surface area contributed by atoms with Crippen molar-refractivity contribution in [3.05, 3.63) is 42.5 Å². The van der Waals surface area contributed by atoms with Crippen LogP contribution in [-0.4, -0.2) is 89.2 Å². The van der Waals surface area contributed by atoms with Gasteiger partial charge in [-0.1, -0.05) is 17.9 Å². The molecule has 0 atom stereocenters. The van der Waals surface area contributed by atoms with Crippen LogP contribution in [0.4, 0.5) is 19.7 Å². The van der Waals surface area contributed by atoms with E-state index in [1.165, 1.54) is 25.3 Å². The number of methoxy groups -OCH3 is 1. The molecule has 7 rings (SSSR count). The van der Waals surface area contributed by atoms with Crippen molar-refractivity contribution >= 4 is 49.3 Å². The fraction of sp³-hybridized carbons (Fsp3) is 0.419. The van der Waals surface area contributed by atoms with Crippen LogP contribution in [0.15, 0.2) is 30.9 Å². The highest BCUT2D eigenvalue weighted by atomic mass is 32.1. The second-order valence-corrected chi connectivity index (χ2v) is 12.6. The Morgan fingerprint density at radius 1 is 1.09 bits per heavy atom. The number of benzene rings is 2. The standard InChI is InChI=1S/C31H33F2N7O3S/c1-3-22(41)38-12-14-39(15-13-38)28-19-16-21(42-2)23(18-6-7-20(32)27-26(18)35-29(34)44-27)24(33)25(19)36-30(37-28)43-17-31-8-4-10-40(31)11-5-9-31/h3,6-7,16H,1,4-5,8-15,17H2,2H3,(H2,34,35). The van der Waals surface area contributed by atoms with Gasteiger partial charge >= 0.3 is 6.01 Å². The Hall–Kier alpha value is -4.10. The molecule has 4 aromatic rings. The maximum atomic E-state index is 16.9. The van der Waals surface area contributed by atoms with Gasteiger partial charge < -0.3 is 25.0 Å². The predicted molar refractivity (Wildman–Crippen MR) is 166 cm³/mol. The zero-order chi connectivity index (χ0) is 30.6. The maximum absolute atomic E-state index is 16.9. The number of carbonyl (C=O) groups excluding carboxylic acids is 1. The van der Waals surface area contributed by atoms with Gasteiger partial charge in [-0.25, -0.2) is 13.8 Å². The molecule has 13 heteroatoms. The largest absolute Gasteiger partial charge is 0.496 e. The smallest absolute Gasteiger partial charge is 0.319 e. The fourth-order valence-corrected chi connectivity index (χ4v) is 7.77. The van der Waals surface area contributed by atoms with Crippen molar-refractivity contribution in [1.82, 2.24) is 24.8 Å². The predicted octanol–water partition coefficient (Wildman–Crippen LogP) is 4.62. The molecule has 0 spiro atoms. The highest BCUT2D eigenvalue weighted by molar-refractivity contribution is 7.22. The minimum absolute atomic E-state index is 0.0525. The zero-order valence-corrected chi connectivity index (χ0v) is 25.3. The molecule has 2 aromatic carbocycles. The van der Waals surface area contributed by atoms with Gasteiger partial charge in [0.2, 0.25) is 5.91 Å². The summed E-state index contributed by atoms with van der Waals surface area (Å²) in [5, 5.41) is 0.616. The number of ether oxygens (including phenoxy) is 2. The highest BCUT2D eigenvalue weighted by Gasteiger charge is 2.45. The van der Waals surface area contributed by atoms with E-state index >= 15 is 4.39 Å². The molecule has 1 amide bonds. The summed E-state index contributed by atoms with van der Waals surface area (Å²) < 4.78 is 43.8. The van der Waals surface area contributed by atoms with E-state index in [2.05, 4.69) is 21.4 Å². The monoisotopic (exact) mass is 621 g/mol. The highest BCUT2D eigenvalue weighted by Crippen LogP contribution is 2.44. The van der Waals surface area contributed by atoms with Crippen molar-refractivity contribution in [2.75, 3.05) is 63.6 Å². The number of rotatable bonds is 7. The average Bonchev–Trinajstić information content (AvgIpc) is 3.74. The number of amides is 1. The lowest BCUT2D eigenvalue weighted by molar-refractivity contribution is -0.126. The van der Waals surface area contributed by atoms with Crippen LogP contribution in [0.25, 0.3) is 32.2 Å². The quantitative estimate of drug-likeness (QED) is 0.296. The Bertz CT molecular complexity index is 1780. The molecule has 0 saturated carbocycles. The number of hydrogen-bond acceptors (Lipinski definition) is 10. The van der Waals surface area contributed by atoms with Gasteiger partial charge in [-0.15, -0.1) is 0 Å². The molecule has 3 saturated heterocycles. The second kappa shape index (κ2) is 11.1. The topological polar surface area (TPSA) is 110 Å². The number of carbonyl (C=O) groups is 1. The normalized spacial score (nSPS) is 18.2. The van der Waals surface area contributed by atoms with Crippen LogP contribution < -0.4 is 20.1 Å². The number of aromatic nitrogens is 3. The van der Waals surface area contributed by atoms with E-state index in [-0.39, 0.29) is 49.6 Å². The molecule has 44 heavy (non-hydrogen) atoms. The van der Waals surface area contributed by atoms with Crippen LogP contribution in [0, 0.1) is 11.6 Å². The van der Waals surface area contributed by atoms with Crippen molar-refractivity contribution in [3.63, 3.8) is 0 Å². The number of thiazole rings is 1. The lowest BCUT2D eigenvalue weighted by atomic mass is 9.95. The Balaban J connectivity index is 1.36. The van der Waals surface area contributed by atoms with Gasteiger partial charge in [-0.3, -0.25) is 9.69 Å². The fourth-order valence-electron chi connectivity index (χ4n) is 7.01. The van der Waals surface area contributed by atoms with E-state index in [0.717, 1.165) is 50.1 Å². The molecule has 2 aromatic heterocycles. The Morgan fingerprint density at radius 3 is 2.55 bits per heavy atom. The number of fused-ring (bicyclic) bond motifs is 3. The second-order valence-electron chi connectivity index (χ2n) is 11.5. The number of nitrogen functional groups attached to an aromatic ring is 1. The summed E-state index contributed by atoms with van der Waals surface area (Å²) in [6.45, 7) is 7.98. The van der Waals surface area contributed by atoms with E-state index in [9.17, 15) is 9.18 Å². The van der Waals surface area contributed by atoms with E-state index in [1.807, 2.05) is 4.90 Å². The number of hydrogen-bond donors (Lipinski definition) is 1. The first-order chi connectivity index (χ1) is 21.3. The SMILES string of the molecule is C=CC(=O)N1CCN(c2nc(OCC34CCCN3CCC4)nc3c(F)c(-c4ccc(F)c5sc(N)nc45)c(OC)cc23)CC1. The lowest BCUT2D eigenvalue weighted by Gasteiger charge is -2.35. The van der Waals surface area contributed by atoms with Crippen molar-refractivity contribution < 1.29 is 23.0 Å². The van der Waals surface area contributed by atoms with E-state index < -0.39 is 11.6 Å². The minimum atomic E-state index is -0.658. The summed E-state index contributed by atoms with van der Waals surface area (Å²) in [5.74, 6) is -0.563. The van der Waals surface area contributed by atoms with Crippen molar-refractivity contribution in [2.45, 2.75) is 31.2 Å². The van der Waals surface area contributed by atoms with E-state index in [4.69, 9.17) is 20.2 Å². The molecule has 3 aliphatic rings. The third kappa shape index (κ3) is 4.69. The molecule has 5 heterocycles. The molecule has 0 bridgehead atoms. The van der Waals surface area contributed by atoms with Crippen LogP contribution in [0.3, 0.4) is 0 Å². The van der Waals surface area contributed by atoms with Crippen molar-refractivity contribution in [3.8, 4) is 22.9 Å². The first-order valence-electron chi connectivity index (χ1n) is 14.8. The lowest BCUT2D eigenvalue weighted by Crippen LogP contribution is -2.48. The summed E-state index contributed by atoms with van der Waals surface area (Å²) >= 11 is 1.00. The van der Waals surface area contributed by atoms with Gasteiger partial charge in [0.1, 0.15) is 29.5 Å². The van der Waals surface area contributed by atoms with Crippen LogP contribution in [-0.2, 0) is 4.79 Å². The summed E-state index contributed by atoms with van der Waals surface area (Å²) in [6.07, 6.45) is 5.62. The van der Waals surface area contributed by atoms with Crippen molar-refractivity contribution in [2.24, 2.45) is 0 Å². The van der Waals surface area contributed by atoms with Gasteiger partial charge in [-0.05, 0) is 63.0 Å². The molecule has 230 valence electrons. The Labute approximate surface area is 257 Å².